The van der Waals surface area contributed by atoms with Gasteiger partial charge in [0.15, 0.2) is 0 Å². The molecule has 2 aliphatic carbocycles. The van der Waals surface area contributed by atoms with Crippen molar-refractivity contribution in [3.05, 3.63) is 35.9 Å². The highest BCUT2D eigenvalue weighted by molar-refractivity contribution is 5.89. The van der Waals surface area contributed by atoms with E-state index in [1.54, 1.807) is 0 Å². The molecule has 0 spiro atoms. The summed E-state index contributed by atoms with van der Waals surface area (Å²) in [5, 5.41) is 0. The molecular weight excluding hydrogens is 236 g/mol. The van der Waals surface area contributed by atoms with Gasteiger partial charge in [-0.1, -0.05) is 39.0 Å². The molecule has 2 nitrogen and oxygen atoms in total. The van der Waals surface area contributed by atoms with Crippen molar-refractivity contribution in [1.82, 2.24) is 0 Å². The van der Waals surface area contributed by atoms with Gasteiger partial charge in [0.25, 0.3) is 0 Å². The summed E-state index contributed by atoms with van der Waals surface area (Å²) in [6, 6.07) is 9.32. The Bertz CT molecular complexity index is 491. The van der Waals surface area contributed by atoms with E-state index in [0.717, 1.165) is 6.42 Å². The lowest BCUT2D eigenvalue weighted by Gasteiger charge is -2.38. The molecule has 0 unspecified atom stereocenters. The van der Waals surface area contributed by atoms with Gasteiger partial charge in [0.1, 0.15) is 6.10 Å². The van der Waals surface area contributed by atoms with Crippen LogP contribution in [0.3, 0.4) is 0 Å². The lowest BCUT2D eigenvalue weighted by atomic mass is 9.70. The number of ether oxygens (including phenoxy) is 1. The van der Waals surface area contributed by atoms with Crippen LogP contribution in [0.2, 0.25) is 0 Å². The first kappa shape index (κ1) is 12.7. The SMILES string of the molecule is CC1(C)[C@@H]2CC[C@@]1(C)[C@@H](OC(=O)c1ccccc1)C2. The predicted molar refractivity (Wildman–Crippen MR) is 74.9 cm³/mol. The van der Waals surface area contributed by atoms with Gasteiger partial charge in [-0.25, -0.2) is 4.79 Å². The first-order valence-electron chi connectivity index (χ1n) is 7.21. The van der Waals surface area contributed by atoms with Crippen molar-refractivity contribution in [2.24, 2.45) is 16.7 Å². The van der Waals surface area contributed by atoms with Crippen molar-refractivity contribution in [1.29, 1.82) is 0 Å². The van der Waals surface area contributed by atoms with Crippen LogP contribution in [0.25, 0.3) is 0 Å². The van der Waals surface area contributed by atoms with E-state index in [4.69, 9.17) is 4.74 Å². The quantitative estimate of drug-likeness (QED) is 0.748. The molecular formula is C17H22O2. The minimum atomic E-state index is -0.171. The van der Waals surface area contributed by atoms with Gasteiger partial charge in [0, 0.05) is 5.41 Å². The molecule has 19 heavy (non-hydrogen) atoms. The van der Waals surface area contributed by atoms with Crippen molar-refractivity contribution in [3.8, 4) is 0 Å². The first-order valence-corrected chi connectivity index (χ1v) is 7.21. The summed E-state index contributed by atoms with van der Waals surface area (Å²) in [5.41, 5.74) is 1.09. The summed E-state index contributed by atoms with van der Waals surface area (Å²) in [5.74, 6) is 0.529. The molecule has 1 aromatic carbocycles. The van der Waals surface area contributed by atoms with Crippen molar-refractivity contribution in [2.75, 3.05) is 0 Å². The van der Waals surface area contributed by atoms with Crippen LogP contribution in [0.4, 0.5) is 0 Å². The standard InChI is InChI=1S/C17H22O2/c1-16(2)13-9-10-17(16,3)14(11-13)19-15(18)12-7-5-4-6-8-12/h4-8,13-14H,9-11H2,1-3H3/t13-,14+,17+/m1/s1. The van der Waals surface area contributed by atoms with Crippen molar-refractivity contribution >= 4 is 5.97 Å². The lowest BCUT2D eigenvalue weighted by molar-refractivity contribution is -0.0242. The number of hydrogen-bond donors (Lipinski definition) is 0. The van der Waals surface area contributed by atoms with Gasteiger partial charge in [-0.3, -0.25) is 0 Å². The molecule has 0 N–H and O–H groups in total. The summed E-state index contributed by atoms with van der Waals surface area (Å²) in [6.07, 6.45) is 3.57. The Hall–Kier alpha value is -1.31. The Morgan fingerprint density at radius 2 is 1.89 bits per heavy atom. The fourth-order valence-electron chi connectivity index (χ4n) is 4.08. The Morgan fingerprint density at radius 1 is 1.21 bits per heavy atom. The maximum atomic E-state index is 12.2. The van der Waals surface area contributed by atoms with Gasteiger partial charge in [0.05, 0.1) is 5.56 Å². The third-order valence-electron chi connectivity index (χ3n) is 5.97. The molecule has 102 valence electrons. The van der Waals surface area contributed by atoms with Crippen molar-refractivity contribution in [3.63, 3.8) is 0 Å². The smallest absolute Gasteiger partial charge is 0.338 e. The van der Waals surface area contributed by atoms with E-state index < -0.39 is 0 Å². The number of fused-ring (bicyclic) bond motifs is 2. The van der Waals surface area contributed by atoms with E-state index in [1.807, 2.05) is 30.3 Å². The molecule has 2 bridgehead atoms. The first-order chi connectivity index (χ1) is 8.95. The maximum Gasteiger partial charge on any atom is 0.338 e. The molecule has 0 aliphatic heterocycles. The second-order valence-electron chi connectivity index (χ2n) is 6.87. The summed E-state index contributed by atoms with van der Waals surface area (Å²) < 4.78 is 5.83. The molecule has 1 aromatic rings. The normalized spacial score (nSPS) is 35.3. The largest absolute Gasteiger partial charge is 0.458 e. The number of carbonyl (C=O) groups excluding carboxylic acids is 1. The fraction of sp³-hybridized carbons (Fsp3) is 0.588. The second-order valence-corrected chi connectivity index (χ2v) is 6.87. The Balaban J connectivity index is 1.78. The maximum absolute atomic E-state index is 12.2. The molecule has 3 atom stereocenters. The van der Waals surface area contributed by atoms with E-state index in [0.29, 0.717) is 11.5 Å². The highest BCUT2D eigenvalue weighted by Crippen LogP contribution is 2.66. The Labute approximate surface area is 115 Å². The molecule has 0 saturated heterocycles. The Kier molecular flexibility index (Phi) is 2.74. The Morgan fingerprint density at radius 3 is 2.42 bits per heavy atom. The highest BCUT2D eigenvalue weighted by Gasteiger charge is 2.62. The van der Waals surface area contributed by atoms with Crippen LogP contribution >= 0.6 is 0 Å². The van der Waals surface area contributed by atoms with E-state index in [1.165, 1.54) is 12.8 Å². The molecule has 2 fully saturated rings. The van der Waals surface area contributed by atoms with Crippen LogP contribution in [0.1, 0.15) is 50.4 Å². The summed E-state index contributed by atoms with van der Waals surface area (Å²) in [6.45, 7) is 6.96. The average molecular weight is 258 g/mol. The minimum Gasteiger partial charge on any atom is -0.458 e. The number of hydrogen-bond acceptors (Lipinski definition) is 2. The fourth-order valence-corrected chi connectivity index (χ4v) is 4.08. The van der Waals surface area contributed by atoms with E-state index in [9.17, 15) is 4.79 Å². The number of benzene rings is 1. The van der Waals surface area contributed by atoms with Crippen LogP contribution in [0.5, 0.6) is 0 Å². The molecule has 2 heteroatoms. The molecule has 0 aromatic heterocycles. The van der Waals surface area contributed by atoms with Gasteiger partial charge >= 0.3 is 5.97 Å². The van der Waals surface area contributed by atoms with Gasteiger partial charge in [-0.05, 0) is 42.7 Å². The minimum absolute atomic E-state index is 0.0777. The predicted octanol–water partition coefficient (Wildman–Crippen LogP) is 4.06. The molecule has 2 saturated carbocycles. The zero-order chi connectivity index (χ0) is 13.7. The third kappa shape index (κ3) is 1.73. The van der Waals surface area contributed by atoms with Crippen LogP contribution in [0.15, 0.2) is 30.3 Å². The number of esters is 1. The second kappa shape index (κ2) is 4.09. The zero-order valence-corrected chi connectivity index (χ0v) is 12.0. The highest BCUT2D eigenvalue weighted by atomic mass is 16.5. The van der Waals surface area contributed by atoms with Crippen molar-refractivity contribution in [2.45, 2.75) is 46.1 Å². The zero-order valence-electron chi connectivity index (χ0n) is 12.0. The molecule has 2 aliphatic rings. The van der Waals surface area contributed by atoms with Crippen molar-refractivity contribution < 1.29 is 9.53 Å². The monoisotopic (exact) mass is 258 g/mol. The lowest BCUT2D eigenvalue weighted by Crippen LogP contribution is -2.38. The van der Waals surface area contributed by atoms with Crippen LogP contribution in [-0.2, 0) is 4.74 Å². The third-order valence-corrected chi connectivity index (χ3v) is 5.97. The summed E-state index contributed by atoms with van der Waals surface area (Å²) in [4.78, 5) is 12.2. The number of rotatable bonds is 2. The van der Waals surface area contributed by atoms with Crippen LogP contribution in [0, 0.1) is 16.7 Å². The molecule has 0 heterocycles. The van der Waals surface area contributed by atoms with Gasteiger partial charge < -0.3 is 4.74 Å². The summed E-state index contributed by atoms with van der Waals surface area (Å²) >= 11 is 0. The topological polar surface area (TPSA) is 26.3 Å². The van der Waals surface area contributed by atoms with Gasteiger partial charge in [-0.15, -0.1) is 0 Å². The average Bonchev–Trinajstić information content (AvgIpc) is 2.73. The molecule has 3 rings (SSSR count). The van der Waals surface area contributed by atoms with Gasteiger partial charge in [-0.2, -0.15) is 0 Å². The van der Waals surface area contributed by atoms with E-state index in [-0.39, 0.29) is 22.9 Å². The summed E-state index contributed by atoms with van der Waals surface area (Å²) in [7, 11) is 0. The van der Waals surface area contributed by atoms with Crippen LogP contribution in [-0.4, -0.2) is 12.1 Å². The van der Waals surface area contributed by atoms with Crippen LogP contribution < -0.4 is 0 Å². The van der Waals surface area contributed by atoms with E-state index >= 15 is 0 Å². The number of carbonyl (C=O) groups is 1. The van der Waals surface area contributed by atoms with E-state index in [2.05, 4.69) is 20.8 Å². The molecule has 0 amide bonds. The molecule has 0 radical (unpaired) electrons. The van der Waals surface area contributed by atoms with Gasteiger partial charge in [0.2, 0.25) is 0 Å².